The highest BCUT2D eigenvalue weighted by atomic mass is 16.2. The molecule has 0 atom stereocenters. The van der Waals surface area contributed by atoms with Gasteiger partial charge in [0.1, 0.15) is 0 Å². The van der Waals surface area contributed by atoms with Gasteiger partial charge in [-0.05, 0) is 50.1 Å². The van der Waals surface area contributed by atoms with Crippen molar-refractivity contribution in [3.63, 3.8) is 0 Å². The lowest BCUT2D eigenvalue weighted by molar-refractivity contribution is -0.131. The molecule has 2 aromatic carbocycles. The van der Waals surface area contributed by atoms with Crippen LogP contribution in [0.15, 0.2) is 42.5 Å². The van der Waals surface area contributed by atoms with Crippen molar-refractivity contribution in [1.29, 1.82) is 0 Å². The molecule has 30 heavy (non-hydrogen) atoms. The van der Waals surface area contributed by atoms with Crippen molar-refractivity contribution in [1.82, 2.24) is 4.90 Å². The lowest BCUT2D eigenvalue weighted by Crippen LogP contribution is -2.38. The first-order chi connectivity index (χ1) is 14.3. The van der Waals surface area contributed by atoms with Gasteiger partial charge in [0.15, 0.2) is 0 Å². The van der Waals surface area contributed by atoms with E-state index in [0.717, 1.165) is 28.9 Å². The van der Waals surface area contributed by atoms with Crippen LogP contribution in [0.1, 0.15) is 30.9 Å². The summed E-state index contributed by atoms with van der Waals surface area (Å²) >= 11 is 0. The molecule has 0 bridgehead atoms. The number of likely N-dealkylation sites (N-methyl/N-ethyl adjacent to an activating group) is 1. The number of hydrogen-bond acceptors (Lipinski definition) is 4. The molecule has 0 aromatic heterocycles. The van der Waals surface area contributed by atoms with E-state index in [-0.39, 0.29) is 30.8 Å². The van der Waals surface area contributed by atoms with E-state index in [1.165, 1.54) is 4.90 Å². The minimum absolute atomic E-state index is 0.0341. The molecule has 0 aliphatic heterocycles. The van der Waals surface area contributed by atoms with Crippen molar-refractivity contribution < 1.29 is 14.4 Å². The summed E-state index contributed by atoms with van der Waals surface area (Å²) in [5.41, 5.74) is 4.14. The van der Waals surface area contributed by atoms with Crippen LogP contribution in [0.4, 0.5) is 17.1 Å². The first-order valence-corrected chi connectivity index (χ1v) is 10.0. The molecule has 0 fully saturated rings. The number of anilines is 3. The van der Waals surface area contributed by atoms with Gasteiger partial charge in [-0.3, -0.25) is 14.4 Å². The number of hydrogen-bond donors (Lipinski definition) is 3. The Hall–Kier alpha value is -3.35. The van der Waals surface area contributed by atoms with Crippen molar-refractivity contribution >= 4 is 34.8 Å². The molecule has 0 aliphatic carbocycles. The molecule has 0 saturated carbocycles. The molecule has 0 saturated heterocycles. The third-order valence-electron chi connectivity index (χ3n) is 4.66. The molecule has 3 N–H and O–H groups in total. The van der Waals surface area contributed by atoms with E-state index in [0.29, 0.717) is 12.1 Å². The van der Waals surface area contributed by atoms with Crippen LogP contribution in [0.2, 0.25) is 0 Å². The van der Waals surface area contributed by atoms with Gasteiger partial charge in [-0.15, -0.1) is 0 Å². The first kappa shape index (κ1) is 22.9. The van der Waals surface area contributed by atoms with Crippen LogP contribution >= 0.6 is 0 Å². The lowest BCUT2D eigenvalue weighted by atomic mass is 10.1. The standard InChI is InChI=1S/C23H30N4O3/c1-5-7-21(28)26-20-9-6-8-19(17(20)3)24-14-23(30)27(4)15-22(29)25-18-12-10-16(2)11-13-18/h6,8-13,24H,5,7,14-15H2,1-4H3,(H,25,29)(H,26,28). The van der Waals surface area contributed by atoms with Gasteiger partial charge >= 0.3 is 0 Å². The average Bonchev–Trinajstić information content (AvgIpc) is 2.70. The van der Waals surface area contributed by atoms with E-state index in [2.05, 4.69) is 16.0 Å². The first-order valence-electron chi connectivity index (χ1n) is 10.0. The minimum Gasteiger partial charge on any atom is -0.376 e. The van der Waals surface area contributed by atoms with Gasteiger partial charge in [0.2, 0.25) is 17.7 Å². The van der Waals surface area contributed by atoms with Gasteiger partial charge in [-0.1, -0.05) is 30.7 Å². The predicted molar refractivity (Wildman–Crippen MR) is 121 cm³/mol. The second kappa shape index (κ2) is 11.0. The Morgan fingerprint density at radius 3 is 2.23 bits per heavy atom. The van der Waals surface area contributed by atoms with Crippen molar-refractivity contribution in [2.45, 2.75) is 33.6 Å². The second-order valence-electron chi connectivity index (χ2n) is 7.29. The Morgan fingerprint density at radius 1 is 0.900 bits per heavy atom. The fourth-order valence-electron chi connectivity index (χ4n) is 2.85. The number of amides is 3. The number of nitrogens with zero attached hydrogens (tertiary/aromatic N) is 1. The maximum atomic E-state index is 12.4. The normalized spacial score (nSPS) is 10.3. The van der Waals surface area contributed by atoms with E-state index in [4.69, 9.17) is 0 Å². The highest BCUT2D eigenvalue weighted by Crippen LogP contribution is 2.23. The summed E-state index contributed by atoms with van der Waals surface area (Å²) in [4.78, 5) is 37.8. The Kier molecular flexibility index (Phi) is 8.41. The van der Waals surface area contributed by atoms with Gasteiger partial charge in [0.25, 0.3) is 0 Å². The molecule has 3 amide bonds. The summed E-state index contributed by atoms with van der Waals surface area (Å²) in [6.45, 7) is 5.81. The molecule has 2 aromatic rings. The van der Waals surface area contributed by atoms with Gasteiger partial charge in [-0.2, -0.15) is 0 Å². The fourth-order valence-corrected chi connectivity index (χ4v) is 2.85. The molecule has 0 radical (unpaired) electrons. The largest absolute Gasteiger partial charge is 0.376 e. The maximum absolute atomic E-state index is 12.4. The summed E-state index contributed by atoms with van der Waals surface area (Å²) in [7, 11) is 1.59. The quantitative estimate of drug-likeness (QED) is 0.590. The molecule has 0 heterocycles. The number of rotatable bonds is 9. The molecular formula is C23H30N4O3. The number of nitrogens with one attached hydrogen (secondary N) is 3. The molecule has 7 nitrogen and oxygen atoms in total. The molecule has 0 aliphatic rings. The van der Waals surface area contributed by atoms with E-state index in [1.54, 1.807) is 7.05 Å². The second-order valence-corrected chi connectivity index (χ2v) is 7.29. The Labute approximate surface area is 177 Å². The molecule has 2 rings (SSSR count). The topological polar surface area (TPSA) is 90.5 Å². The van der Waals surface area contributed by atoms with Crippen molar-refractivity contribution in [3.05, 3.63) is 53.6 Å². The van der Waals surface area contributed by atoms with Gasteiger partial charge in [-0.25, -0.2) is 0 Å². The third kappa shape index (κ3) is 6.92. The molecule has 0 spiro atoms. The van der Waals surface area contributed by atoms with Crippen LogP contribution in [-0.2, 0) is 14.4 Å². The zero-order valence-corrected chi connectivity index (χ0v) is 18.0. The Morgan fingerprint density at radius 2 is 1.57 bits per heavy atom. The summed E-state index contributed by atoms with van der Waals surface area (Å²) in [6, 6.07) is 13.0. The van der Waals surface area contributed by atoms with E-state index >= 15 is 0 Å². The summed E-state index contributed by atoms with van der Waals surface area (Å²) in [6.07, 6.45) is 1.24. The van der Waals surface area contributed by atoms with Crippen LogP contribution in [-0.4, -0.2) is 42.8 Å². The number of aryl methyl sites for hydroxylation is 1. The molecule has 7 heteroatoms. The molecule has 0 unspecified atom stereocenters. The zero-order valence-electron chi connectivity index (χ0n) is 18.0. The summed E-state index contributed by atoms with van der Waals surface area (Å²) < 4.78 is 0. The molecule has 160 valence electrons. The summed E-state index contributed by atoms with van der Waals surface area (Å²) in [5, 5.41) is 8.76. The Balaban J connectivity index is 1.87. The maximum Gasteiger partial charge on any atom is 0.243 e. The highest BCUT2D eigenvalue weighted by Gasteiger charge is 2.14. The number of carbonyl (C=O) groups is 3. The number of carbonyl (C=O) groups excluding carboxylic acids is 3. The van der Waals surface area contributed by atoms with Crippen LogP contribution < -0.4 is 16.0 Å². The Bertz CT molecular complexity index is 894. The predicted octanol–water partition coefficient (Wildman–Crippen LogP) is 3.55. The van der Waals surface area contributed by atoms with Crippen LogP contribution in [0.3, 0.4) is 0 Å². The van der Waals surface area contributed by atoms with E-state index < -0.39 is 0 Å². The minimum atomic E-state index is -0.258. The van der Waals surface area contributed by atoms with E-state index in [9.17, 15) is 14.4 Å². The van der Waals surface area contributed by atoms with Crippen LogP contribution in [0, 0.1) is 13.8 Å². The molecular weight excluding hydrogens is 380 g/mol. The van der Waals surface area contributed by atoms with Crippen molar-refractivity contribution in [2.75, 3.05) is 36.1 Å². The lowest BCUT2D eigenvalue weighted by Gasteiger charge is -2.19. The monoisotopic (exact) mass is 410 g/mol. The smallest absolute Gasteiger partial charge is 0.243 e. The van der Waals surface area contributed by atoms with E-state index in [1.807, 2.05) is 63.2 Å². The fraction of sp³-hybridized carbons (Fsp3) is 0.348. The van der Waals surface area contributed by atoms with Crippen molar-refractivity contribution in [3.8, 4) is 0 Å². The number of benzene rings is 2. The zero-order chi connectivity index (χ0) is 22.1. The van der Waals surface area contributed by atoms with Gasteiger partial charge < -0.3 is 20.9 Å². The third-order valence-corrected chi connectivity index (χ3v) is 4.66. The summed E-state index contributed by atoms with van der Waals surface area (Å²) in [5.74, 6) is -0.506. The van der Waals surface area contributed by atoms with Gasteiger partial charge in [0, 0.05) is 30.5 Å². The highest BCUT2D eigenvalue weighted by molar-refractivity contribution is 5.95. The van der Waals surface area contributed by atoms with Gasteiger partial charge in [0.05, 0.1) is 13.1 Å². The SMILES string of the molecule is CCCC(=O)Nc1cccc(NCC(=O)N(C)CC(=O)Nc2ccc(C)cc2)c1C. The van der Waals surface area contributed by atoms with Crippen LogP contribution in [0.25, 0.3) is 0 Å². The van der Waals surface area contributed by atoms with Crippen molar-refractivity contribution in [2.24, 2.45) is 0 Å². The van der Waals surface area contributed by atoms with Crippen LogP contribution in [0.5, 0.6) is 0 Å². The average molecular weight is 411 g/mol.